The van der Waals surface area contributed by atoms with E-state index >= 15 is 0 Å². The SMILES string of the molecule is CC(CN)CNc1cc(Nc2ccccc2Br)ncn1. The molecule has 0 aliphatic heterocycles. The van der Waals surface area contributed by atoms with E-state index < -0.39 is 0 Å². The summed E-state index contributed by atoms with van der Waals surface area (Å²) in [5.74, 6) is 1.94. The first-order valence-electron chi connectivity index (χ1n) is 6.46. The summed E-state index contributed by atoms with van der Waals surface area (Å²) in [5.41, 5.74) is 6.56. The molecule has 0 aliphatic carbocycles. The minimum Gasteiger partial charge on any atom is -0.370 e. The highest BCUT2D eigenvalue weighted by molar-refractivity contribution is 9.10. The van der Waals surface area contributed by atoms with Crippen molar-refractivity contribution < 1.29 is 0 Å². The van der Waals surface area contributed by atoms with E-state index in [-0.39, 0.29) is 0 Å². The molecule has 1 heterocycles. The zero-order valence-corrected chi connectivity index (χ0v) is 12.9. The van der Waals surface area contributed by atoms with Crippen molar-refractivity contribution in [2.45, 2.75) is 6.92 Å². The Kier molecular flexibility index (Phi) is 5.31. The molecule has 2 aromatic rings. The van der Waals surface area contributed by atoms with Crippen molar-refractivity contribution in [3.05, 3.63) is 41.1 Å². The van der Waals surface area contributed by atoms with Gasteiger partial charge in [0.2, 0.25) is 0 Å². The average molecular weight is 336 g/mol. The molecule has 0 spiro atoms. The van der Waals surface area contributed by atoms with Crippen molar-refractivity contribution in [1.29, 1.82) is 0 Å². The van der Waals surface area contributed by atoms with E-state index in [4.69, 9.17) is 5.73 Å². The number of nitrogens with zero attached hydrogens (tertiary/aromatic N) is 2. The number of hydrogen-bond donors (Lipinski definition) is 3. The third-order valence-corrected chi connectivity index (χ3v) is 3.53. The Hall–Kier alpha value is -1.66. The van der Waals surface area contributed by atoms with Crippen LogP contribution in [0.2, 0.25) is 0 Å². The molecule has 4 N–H and O–H groups in total. The molecular formula is C14H18BrN5. The number of anilines is 3. The summed E-state index contributed by atoms with van der Waals surface area (Å²) in [4.78, 5) is 8.41. The van der Waals surface area contributed by atoms with Crippen LogP contribution < -0.4 is 16.4 Å². The lowest BCUT2D eigenvalue weighted by Crippen LogP contribution is -2.20. The van der Waals surface area contributed by atoms with E-state index in [1.54, 1.807) is 0 Å². The second-order valence-corrected chi connectivity index (χ2v) is 5.47. The maximum atomic E-state index is 5.59. The van der Waals surface area contributed by atoms with Crippen molar-refractivity contribution in [2.24, 2.45) is 11.7 Å². The third kappa shape index (κ3) is 4.18. The van der Waals surface area contributed by atoms with Crippen molar-refractivity contribution >= 4 is 33.3 Å². The lowest BCUT2D eigenvalue weighted by atomic mass is 10.2. The maximum absolute atomic E-state index is 5.59. The zero-order chi connectivity index (χ0) is 14.4. The van der Waals surface area contributed by atoms with Crippen LogP contribution in [0, 0.1) is 5.92 Å². The van der Waals surface area contributed by atoms with E-state index in [9.17, 15) is 0 Å². The lowest BCUT2D eigenvalue weighted by Gasteiger charge is -2.12. The van der Waals surface area contributed by atoms with Gasteiger partial charge in [-0.2, -0.15) is 0 Å². The molecule has 1 unspecified atom stereocenters. The number of para-hydroxylation sites is 1. The van der Waals surface area contributed by atoms with Crippen LogP contribution in [-0.4, -0.2) is 23.1 Å². The van der Waals surface area contributed by atoms with E-state index in [1.807, 2.05) is 30.3 Å². The predicted octanol–water partition coefficient (Wildman–Crippen LogP) is 2.99. The van der Waals surface area contributed by atoms with Gasteiger partial charge in [0.05, 0.1) is 5.69 Å². The Bertz CT molecular complexity index is 561. The fourth-order valence-electron chi connectivity index (χ4n) is 1.59. The Balaban J connectivity index is 2.04. The first-order valence-corrected chi connectivity index (χ1v) is 7.26. The highest BCUT2D eigenvalue weighted by Gasteiger charge is 2.03. The molecule has 0 aliphatic rings. The number of nitrogens with one attached hydrogen (secondary N) is 2. The number of nitrogens with two attached hydrogens (primary N) is 1. The van der Waals surface area contributed by atoms with E-state index in [2.05, 4.69) is 43.5 Å². The zero-order valence-electron chi connectivity index (χ0n) is 11.3. The van der Waals surface area contributed by atoms with Crippen LogP contribution in [-0.2, 0) is 0 Å². The molecule has 1 aromatic heterocycles. The fraction of sp³-hybridized carbons (Fsp3) is 0.286. The molecule has 0 fully saturated rings. The normalized spacial score (nSPS) is 11.9. The third-order valence-electron chi connectivity index (χ3n) is 2.84. The van der Waals surface area contributed by atoms with Gasteiger partial charge >= 0.3 is 0 Å². The van der Waals surface area contributed by atoms with Crippen LogP contribution in [0.5, 0.6) is 0 Å². The molecule has 2 rings (SSSR count). The summed E-state index contributed by atoms with van der Waals surface area (Å²) in [6.45, 7) is 3.54. The monoisotopic (exact) mass is 335 g/mol. The van der Waals surface area contributed by atoms with Gasteiger partial charge in [-0.25, -0.2) is 9.97 Å². The maximum Gasteiger partial charge on any atom is 0.135 e. The van der Waals surface area contributed by atoms with E-state index in [0.29, 0.717) is 12.5 Å². The Morgan fingerprint density at radius 1 is 1.25 bits per heavy atom. The van der Waals surface area contributed by atoms with Crippen LogP contribution in [0.25, 0.3) is 0 Å². The standard InChI is InChI=1S/C14H18BrN5/c1-10(7-16)8-17-13-6-14(19-9-18-13)20-12-5-3-2-4-11(12)15/h2-6,9-10H,7-8,16H2,1H3,(H2,17,18,19,20). The van der Waals surface area contributed by atoms with Crippen molar-refractivity contribution in [3.63, 3.8) is 0 Å². The molecule has 0 bridgehead atoms. The summed E-state index contributed by atoms with van der Waals surface area (Å²) >= 11 is 3.50. The van der Waals surface area contributed by atoms with E-state index in [1.165, 1.54) is 6.33 Å². The second kappa shape index (κ2) is 7.21. The van der Waals surface area contributed by atoms with Gasteiger partial charge < -0.3 is 16.4 Å². The molecule has 0 radical (unpaired) electrons. The Labute approximate surface area is 127 Å². The summed E-state index contributed by atoms with van der Waals surface area (Å²) in [6.07, 6.45) is 1.54. The summed E-state index contributed by atoms with van der Waals surface area (Å²) < 4.78 is 0.991. The smallest absolute Gasteiger partial charge is 0.135 e. The molecular weight excluding hydrogens is 318 g/mol. The lowest BCUT2D eigenvalue weighted by molar-refractivity contribution is 0.627. The Morgan fingerprint density at radius 3 is 2.75 bits per heavy atom. The quantitative estimate of drug-likeness (QED) is 0.756. The van der Waals surface area contributed by atoms with E-state index in [0.717, 1.165) is 28.3 Å². The van der Waals surface area contributed by atoms with Crippen LogP contribution in [0.3, 0.4) is 0 Å². The minimum atomic E-state index is 0.407. The number of hydrogen-bond acceptors (Lipinski definition) is 5. The van der Waals surface area contributed by atoms with Crippen LogP contribution in [0.1, 0.15) is 6.92 Å². The molecule has 106 valence electrons. The van der Waals surface area contributed by atoms with Gasteiger partial charge in [-0.3, -0.25) is 0 Å². The number of aromatic nitrogens is 2. The number of benzene rings is 1. The molecule has 1 atom stereocenters. The molecule has 5 nitrogen and oxygen atoms in total. The fourth-order valence-corrected chi connectivity index (χ4v) is 1.97. The van der Waals surface area contributed by atoms with Crippen LogP contribution in [0.15, 0.2) is 41.1 Å². The van der Waals surface area contributed by atoms with Crippen molar-refractivity contribution in [3.8, 4) is 0 Å². The molecule has 1 aromatic carbocycles. The topological polar surface area (TPSA) is 75.9 Å². The molecule has 0 saturated heterocycles. The Morgan fingerprint density at radius 2 is 2.00 bits per heavy atom. The van der Waals surface area contributed by atoms with Gasteiger partial charge in [-0.05, 0) is 40.5 Å². The predicted molar refractivity (Wildman–Crippen MR) is 86.2 cm³/mol. The van der Waals surface area contributed by atoms with Gasteiger partial charge in [0.1, 0.15) is 18.0 Å². The summed E-state index contributed by atoms with van der Waals surface area (Å²) in [5, 5.41) is 6.50. The van der Waals surface area contributed by atoms with Gasteiger partial charge in [-0.15, -0.1) is 0 Å². The molecule has 6 heteroatoms. The van der Waals surface area contributed by atoms with Gasteiger partial charge in [0, 0.05) is 17.1 Å². The first kappa shape index (κ1) is 14.7. The molecule has 20 heavy (non-hydrogen) atoms. The van der Waals surface area contributed by atoms with Gasteiger partial charge in [-0.1, -0.05) is 19.1 Å². The van der Waals surface area contributed by atoms with Gasteiger partial charge in [0.25, 0.3) is 0 Å². The van der Waals surface area contributed by atoms with Crippen molar-refractivity contribution in [1.82, 2.24) is 9.97 Å². The van der Waals surface area contributed by atoms with Crippen molar-refractivity contribution in [2.75, 3.05) is 23.7 Å². The summed E-state index contributed by atoms with van der Waals surface area (Å²) in [6, 6.07) is 9.77. The molecule has 0 saturated carbocycles. The number of rotatable bonds is 6. The highest BCUT2D eigenvalue weighted by Crippen LogP contribution is 2.24. The molecule has 0 amide bonds. The summed E-state index contributed by atoms with van der Waals surface area (Å²) in [7, 11) is 0. The van der Waals surface area contributed by atoms with Crippen LogP contribution in [0.4, 0.5) is 17.3 Å². The van der Waals surface area contributed by atoms with Crippen LogP contribution >= 0.6 is 15.9 Å². The largest absolute Gasteiger partial charge is 0.370 e. The van der Waals surface area contributed by atoms with Gasteiger partial charge in [0.15, 0.2) is 0 Å². The number of halogens is 1. The second-order valence-electron chi connectivity index (χ2n) is 4.62. The minimum absolute atomic E-state index is 0.407. The average Bonchev–Trinajstić information content (AvgIpc) is 2.47. The first-order chi connectivity index (χ1) is 9.69. The highest BCUT2D eigenvalue weighted by atomic mass is 79.9.